The number of sulfonamides is 1. The molecule has 0 amide bonds. The normalized spacial score (nSPS) is 17.4. The Labute approximate surface area is 119 Å². The van der Waals surface area contributed by atoms with Gasteiger partial charge in [0.1, 0.15) is 0 Å². The molecule has 0 unspecified atom stereocenters. The van der Waals surface area contributed by atoms with Crippen molar-refractivity contribution < 1.29 is 13.2 Å². The van der Waals surface area contributed by atoms with Crippen LogP contribution in [0.4, 0.5) is 11.4 Å². The Morgan fingerprint density at radius 2 is 2.00 bits per heavy atom. The van der Waals surface area contributed by atoms with Gasteiger partial charge in [0.25, 0.3) is 0 Å². The van der Waals surface area contributed by atoms with E-state index in [1.807, 2.05) is 6.92 Å². The lowest BCUT2D eigenvalue weighted by Gasteiger charge is -2.34. The zero-order valence-electron chi connectivity index (χ0n) is 11.6. The predicted molar refractivity (Wildman–Crippen MR) is 79.1 cm³/mol. The van der Waals surface area contributed by atoms with Crippen LogP contribution in [0, 0.1) is 0 Å². The van der Waals surface area contributed by atoms with Crippen LogP contribution in [0.5, 0.6) is 0 Å². The van der Waals surface area contributed by atoms with Gasteiger partial charge < -0.3 is 15.4 Å². The Morgan fingerprint density at radius 1 is 1.35 bits per heavy atom. The fourth-order valence-electron chi connectivity index (χ4n) is 2.47. The molecule has 0 atom stereocenters. The minimum absolute atomic E-state index is 0.0913. The molecule has 0 aromatic heterocycles. The maximum Gasteiger partial charge on any atom is 0.238 e. The summed E-state index contributed by atoms with van der Waals surface area (Å²) in [6.07, 6.45) is 2.10. The first-order valence-electron chi connectivity index (χ1n) is 6.70. The molecule has 20 heavy (non-hydrogen) atoms. The van der Waals surface area contributed by atoms with Crippen molar-refractivity contribution in [2.24, 2.45) is 5.14 Å². The Balaban J connectivity index is 2.17. The number of ether oxygens (including phenoxy) is 1. The van der Waals surface area contributed by atoms with Crippen molar-refractivity contribution in [1.82, 2.24) is 0 Å². The first kappa shape index (κ1) is 15.1. The average Bonchev–Trinajstić information content (AvgIpc) is 2.39. The Bertz CT molecular complexity index is 566. The van der Waals surface area contributed by atoms with E-state index in [-0.39, 0.29) is 11.0 Å². The topological polar surface area (TPSA) is 98.6 Å². The van der Waals surface area contributed by atoms with Crippen molar-refractivity contribution in [1.29, 1.82) is 0 Å². The lowest BCUT2D eigenvalue weighted by molar-refractivity contribution is 0.0459. The van der Waals surface area contributed by atoms with E-state index in [1.165, 1.54) is 6.07 Å². The number of primary sulfonamides is 1. The van der Waals surface area contributed by atoms with Crippen LogP contribution in [0.3, 0.4) is 0 Å². The first-order chi connectivity index (χ1) is 9.41. The maximum atomic E-state index is 11.4. The summed E-state index contributed by atoms with van der Waals surface area (Å²) in [5.74, 6) is 0. The van der Waals surface area contributed by atoms with Crippen molar-refractivity contribution in [3.63, 3.8) is 0 Å². The molecule has 0 spiro atoms. The molecule has 4 N–H and O–H groups in total. The molecule has 0 radical (unpaired) electrons. The predicted octanol–water partition coefficient (Wildman–Crippen LogP) is 0.922. The molecule has 1 aliphatic rings. The van der Waals surface area contributed by atoms with Gasteiger partial charge in [0.15, 0.2) is 0 Å². The van der Waals surface area contributed by atoms with Gasteiger partial charge in [0.05, 0.1) is 22.4 Å². The highest BCUT2D eigenvalue weighted by Crippen LogP contribution is 2.29. The van der Waals surface area contributed by atoms with Crippen molar-refractivity contribution in [2.75, 3.05) is 30.3 Å². The van der Waals surface area contributed by atoms with Gasteiger partial charge in [-0.15, -0.1) is 0 Å². The molecule has 6 nitrogen and oxygen atoms in total. The minimum Gasteiger partial charge on any atom is -0.397 e. The summed E-state index contributed by atoms with van der Waals surface area (Å²) >= 11 is 0. The summed E-state index contributed by atoms with van der Waals surface area (Å²) in [4.78, 5) is 2.17. The zero-order chi connectivity index (χ0) is 14.8. The largest absolute Gasteiger partial charge is 0.397 e. The van der Waals surface area contributed by atoms with E-state index in [1.54, 1.807) is 12.1 Å². The highest BCUT2D eigenvalue weighted by Gasteiger charge is 2.22. The van der Waals surface area contributed by atoms with E-state index in [9.17, 15) is 8.42 Å². The molecule has 0 saturated carbocycles. The fourth-order valence-corrected chi connectivity index (χ4v) is 3.01. The van der Waals surface area contributed by atoms with Crippen LogP contribution in [0.15, 0.2) is 23.1 Å². The molecular formula is C13H21N3O3S. The van der Waals surface area contributed by atoms with Gasteiger partial charge in [-0.25, -0.2) is 13.6 Å². The molecule has 7 heteroatoms. The highest BCUT2D eigenvalue weighted by atomic mass is 32.2. The molecule has 112 valence electrons. The summed E-state index contributed by atoms with van der Waals surface area (Å²) in [6.45, 7) is 4.29. The number of anilines is 2. The van der Waals surface area contributed by atoms with Gasteiger partial charge in [0, 0.05) is 19.7 Å². The van der Waals surface area contributed by atoms with Crippen molar-refractivity contribution in [3.05, 3.63) is 18.2 Å². The second kappa shape index (κ2) is 5.99. The van der Waals surface area contributed by atoms with Crippen molar-refractivity contribution >= 4 is 21.4 Å². The SMILES string of the molecule is CCOC1CCN(c2cc(S(N)(=O)=O)ccc2N)CC1. The van der Waals surface area contributed by atoms with Crippen LogP contribution in [0.2, 0.25) is 0 Å². The summed E-state index contributed by atoms with van der Waals surface area (Å²) in [7, 11) is -3.71. The van der Waals surface area contributed by atoms with Crippen LogP contribution in [0.1, 0.15) is 19.8 Å². The van der Waals surface area contributed by atoms with Crippen molar-refractivity contribution in [2.45, 2.75) is 30.8 Å². The van der Waals surface area contributed by atoms with E-state index >= 15 is 0 Å². The number of rotatable bonds is 4. The molecule has 0 bridgehead atoms. The standard InChI is InChI=1S/C13H21N3O3S/c1-2-19-10-5-7-16(8-6-10)13-9-11(20(15,17)18)3-4-12(13)14/h3-4,9-10H,2,5-8,14H2,1H3,(H2,15,17,18). The van der Waals surface area contributed by atoms with Gasteiger partial charge in [0.2, 0.25) is 10.0 Å². The molecule has 1 heterocycles. The molecule has 1 aliphatic heterocycles. The number of nitrogen functional groups attached to an aromatic ring is 1. The quantitative estimate of drug-likeness (QED) is 0.806. The van der Waals surface area contributed by atoms with Gasteiger partial charge >= 0.3 is 0 Å². The van der Waals surface area contributed by atoms with Crippen LogP contribution in [0.25, 0.3) is 0 Å². The summed E-state index contributed by atoms with van der Waals surface area (Å²) in [5.41, 5.74) is 7.24. The van der Waals surface area contributed by atoms with Gasteiger partial charge in [-0.1, -0.05) is 0 Å². The van der Waals surface area contributed by atoms with Crippen LogP contribution < -0.4 is 15.8 Å². The second-order valence-electron chi connectivity index (χ2n) is 4.91. The van der Waals surface area contributed by atoms with Gasteiger partial charge in [-0.3, -0.25) is 0 Å². The minimum atomic E-state index is -3.71. The third-order valence-corrected chi connectivity index (χ3v) is 4.43. The summed E-state index contributed by atoms with van der Waals surface area (Å²) in [6, 6.07) is 4.57. The molecule has 2 rings (SSSR count). The molecule has 1 aromatic carbocycles. The van der Waals surface area contributed by atoms with E-state index in [4.69, 9.17) is 15.6 Å². The molecule has 1 saturated heterocycles. The lowest BCUT2D eigenvalue weighted by atomic mass is 10.1. The van der Waals surface area contributed by atoms with Crippen LogP contribution in [-0.2, 0) is 14.8 Å². The van der Waals surface area contributed by atoms with E-state index in [2.05, 4.69) is 4.90 Å². The number of nitrogens with two attached hydrogens (primary N) is 2. The Hall–Kier alpha value is -1.31. The Kier molecular flexibility index (Phi) is 4.52. The lowest BCUT2D eigenvalue weighted by Crippen LogP contribution is -2.37. The summed E-state index contributed by atoms with van der Waals surface area (Å²) < 4.78 is 28.4. The smallest absolute Gasteiger partial charge is 0.238 e. The zero-order valence-corrected chi connectivity index (χ0v) is 12.4. The van der Waals surface area contributed by atoms with Gasteiger partial charge in [-0.2, -0.15) is 0 Å². The highest BCUT2D eigenvalue weighted by molar-refractivity contribution is 7.89. The Morgan fingerprint density at radius 3 is 2.55 bits per heavy atom. The van der Waals surface area contributed by atoms with E-state index in [0.717, 1.165) is 31.6 Å². The maximum absolute atomic E-state index is 11.4. The van der Waals surface area contributed by atoms with Gasteiger partial charge in [-0.05, 0) is 38.0 Å². The molecule has 1 fully saturated rings. The van der Waals surface area contributed by atoms with Crippen LogP contribution in [-0.4, -0.2) is 34.2 Å². The monoisotopic (exact) mass is 299 g/mol. The van der Waals surface area contributed by atoms with E-state index < -0.39 is 10.0 Å². The van der Waals surface area contributed by atoms with Crippen LogP contribution >= 0.6 is 0 Å². The molecule has 1 aromatic rings. The third-order valence-electron chi connectivity index (χ3n) is 3.52. The summed E-state index contributed by atoms with van der Waals surface area (Å²) in [5, 5.41) is 5.16. The molecular weight excluding hydrogens is 278 g/mol. The third kappa shape index (κ3) is 3.41. The number of benzene rings is 1. The van der Waals surface area contributed by atoms with Crippen molar-refractivity contribution in [3.8, 4) is 0 Å². The number of hydrogen-bond acceptors (Lipinski definition) is 5. The average molecular weight is 299 g/mol. The number of nitrogens with zero attached hydrogens (tertiary/aromatic N) is 1. The number of piperidine rings is 1. The fraction of sp³-hybridized carbons (Fsp3) is 0.538. The number of hydrogen-bond donors (Lipinski definition) is 2. The first-order valence-corrected chi connectivity index (χ1v) is 8.25. The second-order valence-corrected chi connectivity index (χ2v) is 6.47. The van der Waals surface area contributed by atoms with E-state index in [0.29, 0.717) is 12.3 Å². The molecule has 0 aliphatic carbocycles.